The minimum atomic E-state index is -0.284. The number of carbonyl (C=O) groups is 2. The van der Waals surface area contributed by atoms with Crippen molar-refractivity contribution in [3.05, 3.63) is 28.8 Å². The van der Waals surface area contributed by atoms with Crippen molar-refractivity contribution in [3.63, 3.8) is 0 Å². The summed E-state index contributed by atoms with van der Waals surface area (Å²) in [5.41, 5.74) is 1.80. The molecule has 0 aliphatic carbocycles. The smallest absolute Gasteiger partial charge is 0.267 e. The molecule has 0 bridgehead atoms. The molecule has 1 aliphatic heterocycles. The Morgan fingerprint density at radius 3 is 2.91 bits per heavy atom. The van der Waals surface area contributed by atoms with E-state index in [0.717, 1.165) is 5.56 Å². The number of methoxy groups -OCH3 is 1. The third-order valence-corrected chi connectivity index (χ3v) is 3.69. The van der Waals surface area contributed by atoms with E-state index < -0.39 is 0 Å². The van der Waals surface area contributed by atoms with Crippen molar-refractivity contribution in [2.75, 3.05) is 25.3 Å². The average Bonchev–Trinajstić information content (AvgIpc) is 2.51. The Bertz CT molecular complexity index is 616. The van der Waals surface area contributed by atoms with E-state index in [2.05, 4.69) is 10.4 Å². The average molecular weight is 324 g/mol. The van der Waals surface area contributed by atoms with Gasteiger partial charge in [0.1, 0.15) is 5.71 Å². The van der Waals surface area contributed by atoms with Gasteiger partial charge in [-0.3, -0.25) is 9.59 Å². The minimum absolute atomic E-state index is 0.159. The number of ether oxygens (including phenoxy) is 1. The number of nitrogens with one attached hydrogen (secondary N) is 1. The predicted octanol–water partition coefficient (Wildman–Crippen LogP) is 1.89. The Kier molecular flexibility index (Phi) is 5.51. The van der Waals surface area contributed by atoms with Crippen LogP contribution in [0, 0.1) is 6.92 Å². The highest BCUT2D eigenvalue weighted by Gasteiger charge is 2.25. The second-order valence-electron chi connectivity index (χ2n) is 4.93. The lowest BCUT2D eigenvalue weighted by atomic mass is 10.1. The number of aryl methyl sites for hydroxylation is 1. The highest BCUT2D eigenvalue weighted by molar-refractivity contribution is 6.40. The van der Waals surface area contributed by atoms with Gasteiger partial charge in [0, 0.05) is 31.5 Å². The van der Waals surface area contributed by atoms with Gasteiger partial charge < -0.3 is 10.1 Å². The molecular weight excluding hydrogens is 306 g/mol. The van der Waals surface area contributed by atoms with Crippen LogP contribution in [0.4, 0.5) is 5.69 Å². The highest BCUT2D eigenvalue weighted by Crippen LogP contribution is 2.25. The second kappa shape index (κ2) is 7.38. The van der Waals surface area contributed by atoms with E-state index in [-0.39, 0.29) is 18.2 Å². The lowest BCUT2D eigenvalue weighted by molar-refractivity contribution is -0.119. The van der Waals surface area contributed by atoms with Crippen LogP contribution in [0.5, 0.6) is 0 Å². The van der Waals surface area contributed by atoms with Crippen molar-refractivity contribution in [2.45, 2.75) is 19.8 Å². The van der Waals surface area contributed by atoms with Crippen molar-refractivity contribution in [1.82, 2.24) is 5.32 Å². The first-order valence-corrected chi connectivity index (χ1v) is 7.34. The van der Waals surface area contributed by atoms with Crippen LogP contribution < -0.4 is 10.3 Å². The third kappa shape index (κ3) is 3.84. The fourth-order valence-corrected chi connectivity index (χ4v) is 2.18. The largest absolute Gasteiger partial charge is 0.383 e. The zero-order chi connectivity index (χ0) is 16.1. The van der Waals surface area contributed by atoms with Crippen LogP contribution in [-0.4, -0.2) is 37.8 Å². The van der Waals surface area contributed by atoms with E-state index in [1.807, 2.05) is 13.0 Å². The lowest BCUT2D eigenvalue weighted by Gasteiger charge is -2.23. The van der Waals surface area contributed by atoms with Gasteiger partial charge in [-0.25, -0.2) is 5.01 Å². The molecule has 6 nitrogen and oxygen atoms in total. The Balaban J connectivity index is 2.18. The Morgan fingerprint density at radius 2 is 2.23 bits per heavy atom. The molecule has 1 aromatic carbocycles. The van der Waals surface area contributed by atoms with E-state index in [9.17, 15) is 9.59 Å². The predicted molar refractivity (Wildman–Crippen MR) is 85.2 cm³/mol. The van der Waals surface area contributed by atoms with Gasteiger partial charge in [-0.2, -0.15) is 5.10 Å². The Morgan fingerprint density at radius 1 is 1.45 bits per heavy atom. The van der Waals surface area contributed by atoms with E-state index in [1.54, 1.807) is 19.2 Å². The fourth-order valence-electron chi connectivity index (χ4n) is 2.00. The SMILES string of the molecule is COCCNC(=O)C1=NN(c2ccc(C)c(Cl)c2)C(=O)CC1. The molecule has 0 unspecified atom stereocenters. The number of anilines is 1. The first kappa shape index (κ1) is 16.5. The zero-order valence-electron chi connectivity index (χ0n) is 12.6. The summed E-state index contributed by atoms with van der Waals surface area (Å²) in [6.45, 7) is 2.70. The summed E-state index contributed by atoms with van der Waals surface area (Å²) < 4.78 is 4.88. The maximum atomic E-state index is 12.0. The molecule has 0 spiro atoms. The minimum Gasteiger partial charge on any atom is -0.383 e. The summed E-state index contributed by atoms with van der Waals surface area (Å²) in [6.07, 6.45) is 0.565. The molecule has 0 atom stereocenters. The van der Waals surface area contributed by atoms with E-state index >= 15 is 0 Å². The molecule has 0 fully saturated rings. The molecule has 1 N–H and O–H groups in total. The van der Waals surface area contributed by atoms with Crippen molar-refractivity contribution in [2.24, 2.45) is 5.10 Å². The van der Waals surface area contributed by atoms with E-state index in [0.29, 0.717) is 36.0 Å². The van der Waals surface area contributed by atoms with Gasteiger partial charge in [0.2, 0.25) is 5.91 Å². The number of hydrazone groups is 1. The van der Waals surface area contributed by atoms with Gasteiger partial charge in [-0.05, 0) is 24.6 Å². The molecule has 0 radical (unpaired) electrons. The normalized spacial score (nSPS) is 14.8. The number of nitrogens with zero attached hydrogens (tertiary/aromatic N) is 2. The monoisotopic (exact) mass is 323 g/mol. The quantitative estimate of drug-likeness (QED) is 0.841. The number of halogens is 1. The van der Waals surface area contributed by atoms with Gasteiger partial charge in [-0.1, -0.05) is 17.7 Å². The summed E-state index contributed by atoms with van der Waals surface area (Å²) in [7, 11) is 1.56. The van der Waals surface area contributed by atoms with Gasteiger partial charge >= 0.3 is 0 Å². The number of carbonyl (C=O) groups excluding carboxylic acids is 2. The van der Waals surface area contributed by atoms with Crippen LogP contribution in [0.2, 0.25) is 5.02 Å². The molecular formula is C15H18ClN3O3. The molecule has 118 valence electrons. The molecule has 1 aromatic rings. The van der Waals surface area contributed by atoms with E-state index in [4.69, 9.17) is 16.3 Å². The summed E-state index contributed by atoms with van der Waals surface area (Å²) >= 11 is 6.08. The number of rotatable bonds is 5. The van der Waals surface area contributed by atoms with Crippen molar-refractivity contribution in [3.8, 4) is 0 Å². The molecule has 1 heterocycles. The summed E-state index contributed by atoms with van der Waals surface area (Å²) in [4.78, 5) is 24.1. The molecule has 1 aliphatic rings. The summed E-state index contributed by atoms with van der Waals surface area (Å²) in [6, 6.07) is 5.24. The topological polar surface area (TPSA) is 71.0 Å². The second-order valence-corrected chi connectivity index (χ2v) is 5.34. The summed E-state index contributed by atoms with van der Waals surface area (Å²) in [5.74, 6) is -0.443. The number of hydrogen-bond donors (Lipinski definition) is 1. The van der Waals surface area contributed by atoms with E-state index in [1.165, 1.54) is 5.01 Å². The molecule has 2 amide bonds. The summed E-state index contributed by atoms with van der Waals surface area (Å²) in [5, 5.41) is 8.66. The van der Waals surface area contributed by atoms with Gasteiger partial charge in [0.05, 0.1) is 12.3 Å². The Hall–Kier alpha value is -1.92. The third-order valence-electron chi connectivity index (χ3n) is 3.29. The highest BCUT2D eigenvalue weighted by atomic mass is 35.5. The molecule has 2 rings (SSSR count). The number of benzene rings is 1. The molecule has 22 heavy (non-hydrogen) atoms. The fraction of sp³-hybridized carbons (Fsp3) is 0.400. The molecule has 0 saturated heterocycles. The van der Waals surface area contributed by atoms with Gasteiger partial charge in [0.15, 0.2) is 0 Å². The zero-order valence-corrected chi connectivity index (χ0v) is 13.3. The lowest BCUT2D eigenvalue weighted by Crippen LogP contribution is -2.40. The van der Waals surface area contributed by atoms with Gasteiger partial charge in [0.25, 0.3) is 5.91 Å². The number of hydrogen-bond acceptors (Lipinski definition) is 4. The molecule has 0 aromatic heterocycles. The van der Waals surface area contributed by atoms with Crippen molar-refractivity contribution < 1.29 is 14.3 Å². The van der Waals surface area contributed by atoms with Crippen LogP contribution in [-0.2, 0) is 14.3 Å². The van der Waals surface area contributed by atoms with Crippen molar-refractivity contribution in [1.29, 1.82) is 0 Å². The molecule has 7 heteroatoms. The molecule has 0 saturated carbocycles. The van der Waals surface area contributed by atoms with Crippen LogP contribution in [0.1, 0.15) is 18.4 Å². The maximum Gasteiger partial charge on any atom is 0.267 e. The van der Waals surface area contributed by atoms with Crippen molar-refractivity contribution >= 4 is 34.8 Å². The maximum absolute atomic E-state index is 12.0. The van der Waals surface area contributed by atoms with Crippen LogP contribution >= 0.6 is 11.6 Å². The van der Waals surface area contributed by atoms with Crippen LogP contribution in [0.25, 0.3) is 0 Å². The number of amides is 2. The van der Waals surface area contributed by atoms with Gasteiger partial charge in [-0.15, -0.1) is 0 Å². The van der Waals surface area contributed by atoms with Crippen LogP contribution in [0.15, 0.2) is 23.3 Å². The standard InChI is InChI=1S/C15H18ClN3O3/c1-10-3-4-11(9-12(10)16)19-14(20)6-5-13(18-19)15(21)17-7-8-22-2/h3-4,9H,5-8H2,1-2H3,(H,17,21). The first-order chi connectivity index (χ1) is 10.5. The first-order valence-electron chi connectivity index (χ1n) is 6.96. The van der Waals surface area contributed by atoms with Crippen LogP contribution in [0.3, 0.4) is 0 Å². The Labute approximate surface area is 134 Å².